The van der Waals surface area contributed by atoms with Gasteiger partial charge in [-0.05, 0) is 80.5 Å². The monoisotopic (exact) mass is 306 g/mol. The van der Waals surface area contributed by atoms with Crippen molar-refractivity contribution in [2.45, 2.75) is 45.6 Å². The van der Waals surface area contributed by atoms with Gasteiger partial charge in [-0.25, -0.2) is 0 Å². The van der Waals surface area contributed by atoms with Gasteiger partial charge >= 0.3 is 0 Å². The molecule has 116 valence electrons. The minimum Gasteiger partial charge on any atom is -0.309 e. The molecule has 2 nitrogen and oxygen atoms in total. The van der Waals surface area contributed by atoms with E-state index in [1.165, 1.54) is 50.0 Å². The van der Waals surface area contributed by atoms with Gasteiger partial charge in [-0.1, -0.05) is 31.5 Å². The van der Waals surface area contributed by atoms with Crippen molar-refractivity contribution >= 4 is 11.6 Å². The van der Waals surface area contributed by atoms with Crippen LogP contribution < -0.4 is 5.32 Å². The lowest BCUT2D eigenvalue weighted by molar-refractivity contribution is 0.261. The van der Waals surface area contributed by atoms with Crippen LogP contribution in [0, 0.1) is 5.41 Å². The third-order valence-corrected chi connectivity index (χ3v) is 5.28. The van der Waals surface area contributed by atoms with E-state index < -0.39 is 0 Å². The van der Waals surface area contributed by atoms with E-state index in [0.29, 0.717) is 6.04 Å². The summed E-state index contributed by atoms with van der Waals surface area (Å²) in [5.41, 5.74) is 3.15. The molecule has 1 aliphatic heterocycles. The summed E-state index contributed by atoms with van der Waals surface area (Å²) in [7, 11) is 0. The standard InChI is InChI=1S/C18H27ClN2/c1-18(2)13-14-6-7-15(19)12-16(14)17(18)20-8-5-11-21-9-3-4-10-21/h6-7,12,17,20H,3-5,8-11,13H2,1-2H3. The molecule has 0 radical (unpaired) electrons. The smallest absolute Gasteiger partial charge is 0.0409 e. The van der Waals surface area contributed by atoms with Crippen LogP contribution in [0.5, 0.6) is 0 Å². The predicted molar refractivity (Wildman–Crippen MR) is 90.0 cm³/mol. The van der Waals surface area contributed by atoms with Gasteiger partial charge in [-0.2, -0.15) is 0 Å². The third kappa shape index (κ3) is 3.44. The second-order valence-corrected chi connectivity index (χ2v) is 7.73. The number of rotatable bonds is 5. The molecule has 0 aromatic heterocycles. The molecule has 0 bridgehead atoms. The highest BCUT2D eigenvalue weighted by Gasteiger charge is 2.38. The summed E-state index contributed by atoms with van der Waals surface area (Å²) >= 11 is 6.19. The first kappa shape index (κ1) is 15.3. The van der Waals surface area contributed by atoms with E-state index in [0.717, 1.165) is 18.0 Å². The van der Waals surface area contributed by atoms with Crippen molar-refractivity contribution in [3.05, 3.63) is 34.3 Å². The van der Waals surface area contributed by atoms with Gasteiger partial charge in [-0.15, -0.1) is 0 Å². The largest absolute Gasteiger partial charge is 0.309 e. The molecule has 1 saturated heterocycles. The number of halogens is 1. The number of hydrogen-bond acceptors (Lipinski definition) is 2. The van der Waals surface area contributed by atoms with Crippen molar-refractivity contribution < 1.29 is 0 Å². The highest BCUT2D eigenvalue weighted by atomic mass is 35.5. The summed E-state index contributed by atoms with van der Waals surface area (Å²) in [6.45, 7) is 9.65. The maximum atomic E-state index is 6.19. The molecule has 1 atom stereocenters. The van der Waals surface area contributed by atoms with Crippen LogP contribution in [0.25, 0.3) is 0 Å². The molecule has 1 N–H and O–H groups in total. The predicted octanol–water partition coefficient (Wildman–Crippen LogP) is 4.04. The lowest BCUT2D eigenvalue weighted by atomic mass is 9.85. The zero-order chi connectivity index (χ0) is 14.9. The molecule has 1 aliphatic carbocycles. The summed E-state index contributed by atoms with van der Waals surface area (Å²) in [6.07, 6.45) is 5.15. The summed E-state index contributed by atoms with van der Waals surface area (Å²) in [4.78, 5) is 2.59. The average Bonchev–Trinajstić information content (AvgIpc) is 3.01. The molecule has 1 aromatic carbocycles. The zero-order valence-corrected chi connectivity index (χ0v) is 14.0. The second kappa shape index (κ2) is 6.28. The maximum absolute atomic E-state index is 6.19. The van der Waals surface area contributed by atoms with Gasteiger partial charge < -0.3 is 10.2 Å². The molecule has 21 heavy (non-hydrogen) atoms. The number of hydrogen-bond donors (Lipinski definition) is 1. The molecular formula is C18H27ClN2. The van der Waals surface area contributed by atoms with Crippen molar-refractivity contribution in [3.8, 4) is 0 Å². The van der Waals surface area contributed by atoms with E-state index in [2.05, 4.69) is 36.2 Å². The van der Waals surface area contributed by atoms with Crippen molar-refractivity contribution in [1.29, 1.82) is 0 Å². The molecule has 1 heterocycles. The molecule has 0 amide bonds. The molecule has 3 rings (SSSR count). The summed E-state index contributed by atoms with van der Waals surface area (Å²) in [5.74, 6) is 0. The fourth-order valence-corrected chi connectivity index (χ4v) is 4.13. The quantitative estimate of drug-likeness (QED) is 0.826. The van der Waals surface area contributed by atoms with E-state index in [4.69, 9.17) is 11.6 Å². The highest BCUT2D eigenvalue weighted by Crippen LogP contribution is 2.45. The van der Waals surface area contributed by atoms with Crippen molar-refractivity contribution in [2.24, 2.45) is 5.41 Å². The molecular weight excluding hydrogens is 280 g/mol. The summed E-state index contributed by atoms with van der Waals surface area (Å²) in [5, 5.41) is 4.65. The number of likely N-dealkylation sites (tertiary alicyclic amines) is 1. The van der Waals surface area contributed by atoms with Gasteiger partial charge in [-0.3, -0.25) is 0 Å². The first-order chi connectivity index (χ1) is 10.1. The van der Waals surface area contributed by atoms with Crippen LogP contribution >= 0.6 is 11.6 Å². The van der Waals surface area contributed by atoms with Gasteiger partial charge in [0.05, 0.1) is 0 Å². The Morgan fingerprint density at radius 3 is 2.81 bits per heavy atom. The van der Waals surface area contributed by atoms with E-state index in [1.54, 1.807) is 0 Å². The minimum atomic E-state index is 0.278. The van der Waals surface area contributed by atoms with E-state index in [-0.39, 0.29) is 5.41 Å². The summed E-state index contributed by atoms with van der Waals surface area (Å²) in [6, 6.07) is 6.81. The first-order valence-electron chi connectivity index (χ1n) is 8.30. The van der Waals surface area contributed by atoms with Gasteiger partial charge in [0, 0.05) is 11.1 Å². The third-order valence-electron chi connectivity index (χ3n) is 5.04. The van der Waals surface area contributed by atoms with E-state index in [9.17, 15) is 0 Å². The van der Waals surface area contributed by atoms with E-state index >= 15 is 0 Å². The number of benzene rings is 1. The van der Waals surface area contributed by atoms with Crippen LogP contribution in [-0.2, 0) is 6.42 Å². The van der Waals surface area contributed by atoms with E-state index in [1.807, 2.05) is 6.07 Å². The van der Waals surface area contributed by atoms with Crippen LogP contribution in [0.1, 0.15) is 50.3 Å². The molecule has 3 heteroatoms. The Morgan fingerprint density at radius 2 is 2.05 bits per heavy atom. The molecule has 0 spiro atoms. The van der Waals surface area contributed by atoms with Gasteiger partial charge in [0.25, 0.3) is 0 Å². The Hall–Kier alpha value is -0.570. The van der Waals surface area contributed by atoms with Crippen LogP contribution in [-0.4, -0.2) is 31.1 Å². The molecule has 2 aliphatic rings. The SMILES string of the molecule is CC1(C)Cc2ccc(Cl)cc2C1NCCCN1CCCC1. The Kier molecular flexibility index (Phi) is 4.58. The molecule has 1 aromatic rings. The lowest BCUT2D eigenvalue weighted by Gasteiger charge is -2.29. The highest BCUT2D eigenvalue weighted by molar-refractivity contribution is 6.30. The Bertz CT molecular complexity index is 492. The summed E-state index contributed by atoms with van der Waals surface area (Å²) < 4.78 is 0. The Morgan fingerprint density at radius 1 is 1.29 bits per heavy atom. The van der Waals surface area contributed by atoms with Crippen molar-refractivity contribution in [2.75, 3.05) is 26.2 Å². The topological polar surface area (TPSA) is 15.3 Å². The maximum Gasteiger partial charge on any atom is 0.0409 e. The fraction of sp³-hybridized carbons (Fsp3) is 0.667. The van der Waals surface area contributed by atoms with Gasteiger partial charge in [0.1, 0.15) is 0 Å². The molecule has 1 fully saturated rings. The zero-order valence-electron chi connectivity index (χ0n) is 13.3. The van der Waals surface area contributed by atoms with Crippen molar-refractivity contribution in [1.82, 2.24) is 10.2 Å². The normalized spacial score (nSPS) is 24.4. The minimum absolute atomic E-state index is 0.278. The molecule has 0 saturated carbocycles. The lowest BCUT2D eigenvalue weighted by Crippen LogP contribution is -2.33. The number of nitrogens with zero attached hydrogens (tertiary/aromatic N) is 1. The molecule has 1 unspecified atom stereocenters. The van der Waals surface area contributed by atoms with Crippen LogP contribution in [0.4, 0.5) is 0 Å². The average molecular weight is 307 g/mol. The Labute approximate surface area is 133 Å². The number of fused-ring (bicyclic) bond motifs is 1. The van der Waals surface area contributed by atoms with Crippen LogP contribution in [0.15, 0.2) is 18.2 Å². The van der Waals surface area contributed by atoms with Crippen molar-refractivity contribution in [3.63, 3.8) is 0 Å². The number of nitrogens with one attached hydrogen (secondary N) is 1. The van der Waals surface area contributed by atoms with Crippen LogP contribution in [0.3, 0.4) is 0 Å². The van der Waals surface area contributed by atoms with Crippen LogP contribution in [0.2, 0.25) is 5.02 Å². The Balaban J connectivity index is 1.57. The van der Waals surface area contributed by atoms with Gasteiger partial charge in [0.15, 0.2) is 0 Å². The first-order valence-corrected chi connectivity index (χ1v) is 8.68. The fourth-order valence-electron chi connectivity index (χ4n) is 3.95. The van der Waals surface area contributed by atoms with Gasteiger partial charge in [0.2, 0.25) is 0 Å². The second-order valence-electron chi connectivity index (χ2n) is 7.30.